The van der Waals surface area contributed by atoms with Crippen LogP contribution >= 0.6 is 0 Å². The predicted octanol–water partition coefficient (Wildman–Crippen LogP) is 3.64. The number of amides is 1. The highest BCUT2D eigenvalue weighted by Gasteiger charge is 2.31. The lowest BCUT2D eigenvalue weighted by Crippen LogP contribution is -2.56. The summed E-state index contributed by atoms with van der Waals surface area (Å²) in [7, 11) is 0. The number of carbonyl (C=O) groups excluding carboxylic acids is 1. The Morgan fingerprint density at radius 3 is 2.54 bits per heavy atom. The number of carbonyl (C=O) groups is 1. The topological polar surface area (TPSA) is 89.0 Å². The van der Waals surface area contributed by atoms with E-state index in [-0.39, 0.29) is 12.3 Å². The van der Waals surface area contributed by atoms with Gasteiger partial charge in [0.1, 0.15) is 11.9 Å². The highest BCUT2D eigenvalue weighted by molar-refractivity contribution is 6.10. The predicted molar refractivity (Wildman–Crippen MR) is 132 cm³/mol. The number of aliphatic hydroxyl groups excluding tert-OH is 1. The van der Waals surface area contributed by atoms with Crippen molar-refractivity contribution in [2.75, 3.05) is 26.2 Å². The molecular weight excluding hydrogens is 449 g/mol. The van der Waals surface area contributed by atoms with Crippen molar-refractivity contribution in [2.24, 2.45) is 0 Å². The summed E-state index contributed by atoms with van der Waals surface area (Å²) in [5.41, 5.74) is 2.51. The Kier molecular flexibility index (Phi) is 6.32. The van der Waals surface area contributed by atoms with Gasteiger partial charge in [0.25, 0.3) is 0 Å². The van der Waals surface area contributed by atoms with Gasteiger partial charge in [-0.3, -0.25) is 9.69 Å². The maximum atomic E-state index is 13.6. The molecule has 0 bridgehead atoms. The van der Waals surface area contributed by atoms with Crippen LogP contribution in [-0.4, -0.2) is 69.4 Å². The molecule has 5 rings (SSSR count). The molecule has 35 heavy (non-hydrogen) atoms. The van der Waals surface area contributed by atoms with Crippen molar-refractivity contribution < 1.29 is 24.1 Å². The lowest BCUT2D eigenvalue weighted by Gasteiger charge is -2.40. The standard InChI is InChI=1S/C27H28FN3O4/c1-17(32)27(35-24-8-4-7-22-26(24)19-5-2-3-6-21(19)29-22)31-13-11-30(12-14-31)25(34)16-18-9-10-23(33)20(28)15-18/h2-10,15,17,27,29,32-33H,11-14,16H2,1H3. The average Bonchev–Trinajstić information content (AvgIpc) is 3.24. The molecule has 0 spiro atoms. The van der Waals surface area contributed by atoms with E-state index in [1.807, 2.05) is 47.4 Å². The molecule has 3 aromatic carbocycles. The summed E-state index contributed by atoms with van der Waals surface area (Å²) in [4.78, 5) is 19.9. The molecule has 182 valence electrons. The summed E-state index contributed by atoms with van der Waals surface area (Å²) in [6, 6.07) is 17.9. The van der Waals surface area contributed by atoms with Crippen LogP contribution < -0.4 is 4.74 Å². The van der Waals surface area contributed by atoms with E-state index in [1.54, 1.807) is 17.9 Å². The van der Waals surface area contributed by atoms with Gasteiger partial charge in [-0.2, -0.15) is 0 Å². The molecule has 7 nitrogen and oxygen atoms in total. The molecular formula is C27H28FN3O4. The van der Waals surface area contributed by atoms with Crippen LogP contribution in [0.15, 0.2) is 60.7 Å². The highest BCUT2D eigenvalue weighted by atomic mass is 19.1. The zero-order valence-corrected chi connectivity index (χ0v) is 19.4. The summed E-state index contributed by atoms with van der Waals surface area (Å²) < 4.78 is 20.0. The van der Waals surface area contributed by atoms with Crippen LogP contribution in [0.5, 0.6) is 11.5 Å². The molecule has 1 saturated heterocycles. The van der Waals surface area contributed by atoms with Gasteiger partial charge in [0.2, 0.25) is 5.91 Å². The summed E-state index contributed by atoms with van der Waals surface area (Å²) in [5, 5.41) is 21.9. The summed E-state index contributed by atoms with van der Waals surface area (Å²) in [6.45, 7) is 3.73. The van der Waals surface area contributed by atoms with E-state index >= 15 is 0 Å². The van der Waals surface area contributed by atoms with Gasteiger partial charge in [-0.1, -0.05) is 30.3 Å². The fraction of sp³-hybridized carbons (Fsp3) is 0.296. The molecule has 1 aliphatic heterocycles. The normalized spacial score (nSPS) is 16.5. The second-order valence-corrected chi connectivity index (χ2v) is 8.98. The smallest absolute Gasteiger partial charge is 0.227 e. The second kappa shape index (κ2) is 9.56. The fourth-order valence-electron chi connectivity index (χ4n) is 4.75. The van der Waals surface area contributed by atoms with Gasteiger partial charge < -0.3 is 24.8 Å². The summed E-state index contributed by atoms with van der Waals surface area (Å²) >= 11 is 0. The fourth-order valence-corrected chi connectivity index (χ4v) is 4.75. The molecule has 2 unspecified atom stereocenters. The zero-order chi connectivity index (χ0) is 24.5. The third-order valence-corrected chi connectivity index (χ3v) is 6.55. The van der Waals surface area contributed by atoms with E-state index in [4.69, 9.17) is 4.74 Å². The Labute approximate surface area is 202 Å². The Hall–Kier alpha value is -3.62. The largest absolute Gasteiger partial charge is 0.505 e. The first-order valence-corrected chi connectivity index (χ1v) is 11.7. The van der Waals surface area contributed by atoms with Gasteiger partial charge >= 0.3 is 0 Å². The number of nitrogens with one attached hydrogen (secondary N) is 1. The van der Waals surface area contributed by atoms with Crippen LogP contribution in [0.1, 0.15) is 12.5 Å². The third kappa shape index (κ3) is 4.67. The Morgan fingerprint density at radius 1 is 1.06 bits per heavy atom. The number of aromatic nitrogens is 1. The summed E-state index contributed by atoms with van der Waals surface area (Å²) in [5.74, 6) is -0.573. The van der Waals surface area contributed by atoms with Gasteiger partial charge in [-0.15, -0.1) is 0 Å². The number of hydrogen-bond acceptors (Lipinski definition) is 5. The number of aliphatic hydroxyl groups is 1. The van der Waals surface area contributed by atoms with Crippen molar-refractivity contribution in [3.8, 4) is 11.5 Å². The minimum absolute atomic E-state index is 0.0656. The number of ether oxygens (including phenoxy) is 1. The SMILES string of the molecule is CC(O)C(Oc1cccc2[nH]c3ccccc3c12)N1CCN(C(=O)Cc2ccc(O)c(F)c2)CC1. The molecule has 1 amide bonds. The highest BCUT2D eigenvalue weighted by Crippen LogP contribution is 2.34. The number of nitrogens with zero attached hydrogens (tertiary/aromatic N) is 2. The molecule has 8 heteroatoms. The molecule has 1 fully saturated rings. The lowest BCUT2D eigenvalue weighted by molar-refractivity contribution is -0.135. The van der Waals surface area contributed by atoms with E-state index < -0.39 is 23.9 Å². The van der Waals surface area contributed by atoms with Crippen molar-refractivity contribution in [2.45, 2.75) is 25.7 Å². The third-order valence-electron chi connectivity index (χ3n) is 6.55. The number of hydrogen-bond donors (Lipinski definition) is 3. The van der Waals surface area contributed by atoms with Gasteiger partial charge in [-0.25, -0.2) is 4.39 Å². The van der Waals surface area contributed by atoms with Crippen LogP contribution in [-0.2, 0) is 11.2 Å². The molecule has 0 saturated carbocycles. The maximum absolute atomic E-state index is 13.6. The van der Waals surface area contributed by atoms with Crippen LogP contribution in [0.25, 0.3) is 21.8 Å². The molecule has 2 atom stereocenters. The molecule has 0 radical (unpaired) electrons. The van der Waals surface area contributed by atoms with Gasteiger partial charge in [0.15, 0.2) is 17.8 Å². The molecule has 0 aliphatic carbocycles. The first kappa shape index (κ1) is 23.1. The zero-order valence-electron chi connectivity index (χ0n) is 19.4. The molecule has 1 aromatic heterocycles. The molecule has 3 N–H and O–H groups in total. The van der Waals surface area contributed by atoms with Crippen molar-refractivity contribution in [3.63, 3.8) is 0 Å². The van der Waals surface area contributed by atoms with E-state index in [9.17, 15) is 19.4 Å². The number of halogens is 1. The van der Waals surface area contributed by atoms with Crippen LogP contribution in [0.3, 0.4) is 0 Å². The van der Waals surface area contributed by atoms with E-state index in [0.29, 0.717) is 37.5 Å². The van der Waals surface area contributed by atoms with E-state index in [2.05, 4.69) is 4.98 Å². The van der Waals surface area contributed by atoms with Gasteiger partial charge in [0, 0.05) is 42.5 Å². The maximum Gasteiger partial charge on any atom is 0.227 e. The number of aromatic amines is 1. The monoisotopic (exact) mass is 477 g/mol. The van der Waals surface area contributed by atoms with Crippen molar-refractivity contribution in [1.29, 1.82) is 0 Å². The van der Waals surface area contributed by atoms with E-state index in [1.165, 1.54) is 12.1 Å². The number of phenols is 1. The average molecular weight is 478 g/mol. The Bertz CT molecular complexity index is 1360. The second-order valence-electron chi connectivity index (χ2n) is 8.98. The van der Waals surface area contributed by atoms with Crippen molar-refractivity contribution in [1.82, 2.24) is 14.8 Å². The number of H-pyrrole nitrogens is 1. The lowest BCUT2D eigenvalue weighted by atomic mass is 10.1. The van der Waals surface area contributed by atoms with Crippen molar-refractivity contribution >= 4 is 27.7 Å². The van der Waals surface area contributed by atoms with Crippen LogP contribution in [0, 0.1) is 5.82 Å². The van der Waals surface area contributed by atoms with Gasteiger partial charge in [0.05, 0.1) is 11.9 Å². The minimum atomic E-state index is -0.752. The Balaban J connectivity index is 1.28. The Morgan fingerprint density at radius 2 is 1.80 bits per heavy atom. The number of aromatic hydroxyl groups is 1. The van der Waals surface area contributed by atoms with Crippen LogP contribution in [0.2, 0.25) is 0 Å². The number of benzene rings is 3. The van der Waals surface area contributed by atoms with E-state index in [0.717, 1.165) is 21.8 Å². The van der Waals surface area contributed by atoms with Gasteiger partial charge in [-0.05, 0) is 42.8 Å². The van der Waals surface area contributed by atoms with Crippen LogP contribution in [0.4, 0.5) is 4.39 Å². The summed E-state index contributed by atoms with van der Waals surface area (Å²) in [6.07, 6.45) is -1.26. The minimum Gasteiger partial charge on any atom is -0.505 e. The number of rotatable bonds is 6. The number of phenolic OH excluding ortho intramolecular Hbond substituents is 1. The molecule has 1 aliphatic rings. The quantitative estimate of drug-likeness (QED) is 0.395. The molecule has 2 heterocycles. The number of fused-ring (bicyclic) bond motifs is 3. The first-order chi connectivity index (χ1) is 16.9. The van der Waals surface area contributed by atoms with Crippen molar-refractivity contribution in [3.05, 3.63) is 72.0 Å². The molecule has 4 aromatic rings. The number of para-hydroxylation sites is 1. The number of piperazine rings is 1. The first-order valence-electron chi connectivity index (χ1n) is 11.7.